The maximum absolute atomic E-state index is 12.6. The van der Waals surface area contributed by atoms with Crippen molar-refractivity contribution in [3.05, 3.63) is 57.6 Å². The number of amides is 2. The Bertz CT molecular complexity index is 1390. The molecule has 2 atom stereocenters. The minimum Gasteiger partial charge on any atom is -0.507 e. The molecule has 0 radical (unpaired) electrons. The lowest BCUT2D eigenvalue weighted by molar-refractivity contribution is -0.146. The first-order valence-electron chi connectivity index (χ1n) is 13.6. The monoisotopic (exact) mass is 648 g/mol. The molecule has 2 fully saturated rings. The van der Waals surface area contributed by atoms with Crippen LogP contribution in [0.3, 0.4) is 0 Å². The van der Waals surface area contributed by atoms with Gasteiger partial charge in [-0.15, -0.1) is 0 Å². The standard InChI is InChI=1S/C30H30Cl2N2O8S/c31-21-13-25(23(35)11-17(21)5-7-27(37)33-9-1-3-19(15-33)29(39)40)43-26-14-22(32)18(12-24(26)36)6-8-28(38)34-10-2-4-20(16-34)30(41)42/h5-8,11-14,19-20,35-36H,1-4,9-10,15-16H2,(H,39,40)(H,41,42)/b7-5+,8-6+. The van der Waals surface area contributed by atoms with E-state index in [1.54, 1.807) is 0 Å². The van der Waals surface area contributed by atoms with Gasteiger partial charge < -0.3 is 30.2 Å². The molecule has 228 valence electrons. The first kappa shape index (κ1) is 32.2. The number of benzene rings is 2. The van der Waals surface area contributed by atoms with Gasteiger partial charge in [-0.25, -0.2) is 0 Å². The molecule has 43 heavy (non-hydrogen) atoms. The van der Waals surface area contributed by atoms with Gasteiger partial charge in [0.1, 0.15) is 11.5 Å². The maximum Gasteiger partial charge on any atom is 0.308 e. The number of hydrogen-bond acceptors (Lipinski definition) is 7. The predicted octanol–water partition coefficient (Wildman–Crippen LogP) is 5.23. The number of phenols is 2. The van der Waals surface area contributed by atoms with Gasteiger partial charge in [-0.3, -0.25) is 19.2 Å². The van der Waals surface area contributed by atoms with Crippen LogP contribution in [0, 0.1) is 11.8 Å². The molecule has 0 aliphatic carbocycles. The molecular weight excluding hydrogens is 619 g/mol. The molecule has 2 amide bonds. The average molecular weight is 650 g/mol. The third kappa shape index (κ3) is 8.25. The van der Waals surface area contributed by atoms with E-state index >= 15 is 0 Å². The molecule has 10 nitrogen and oxygen atoms in total. The number of carboxylic acids is 2. The van der Waals surface area contributed by atoms with Crippen LogP contribution in [0.4, 0.5) is 0 Å². The van der Waals surface area contributed by atoms with Crippen molar-refractivity contribution in [3.63, 3.8) is 0 Å². The number of hydrogen-bond donors (Lipinski definition) is 4. The van der Waals surface area contributed by atoms with E-state index in [4.69, 9.17) is 23.2 Å². The fourth-order valence-electron chi connectivity index (χ4n) is 4.95. The highest BCUT2D eigenvalue weighted by atomic mass is 35.5. The number of halogens is 2. The van der Waals surface area contributed by atoms with Gasteiger partial charge in [-0.1, -0.05) is 35.0 Å². The van der Waals surface area contributed by atoms with Crippen molar-refractivity contribution in [2.75, 3.05) is 26.2 Å². The Labute approximate surface area is 262 Å². The Hall–Kier alpha value is -3.67. The van der Waals surface area contributed by atoms with Crippen LogP contribution >= 0.6 is 35.0 Å². The predicted molar refractivity (Wildman–Crippen MR) is 162 cm³/mol. The SMILES string of the molecule is O=C(O)C1CCCN(C(=O)/C=C/c2cc(O)c(Sc3cc(Cl)c(/C=C/C(=O)N4CCCC(C(=O)O)C4)cc3O)cc2Cl)C1. The Balaban J connectivity index is 1.42. The molecule has 2 aliphatic rings. The lowest BCUT2D eigenvalue weighted by atomic mass is 9.98. The molecular formula is C30H30Cl2N2O8S. The Morgan fingerprint density at radius 3 is 1.49 bits per heavy atom. The second kappa shape index (κ2) is 14.2. The summed E-state index contributed by atoms with van der Waals surface area (Å²) in [6.07, 6.45) is 7.73. The summed E-state index contributed by atoms with van der Waals surface area (Å²) in [5, 5.41) is 40.2. The Morgan fingerprint density at radius 2 is 1.12 bits per heavy atom. The van der Waals surface area contributed by atoms with E-state index in [0.29, 0.717) is 59.7 Å². The van der Waals surface area contributed by atoms with E-state index in [9.17, 15) is 39.6 Å². The topological polar surface area (TPSA) is 156 Å². The average Bonchev–Trinajstić information content (AvgIpc) is 2.98. The normalized spacial score (nSPS) is 19.2. The molecule has 0 spiro atoms. The maximum atomic E-state index is 12.6. The van der Waals surface area contributed by atoms with Gasteiger partial charge >= 0.3 is 11.9 Å². The van der Waals surface area contributed by atoms with Gasteiger partial charge in [0.2, 0.25) is 11.8 Å². The molecule has 4 rings (SSSR count). The lowest BCUT2D eigenvalue weighted by Gasteiger charge is -2.29. The third-order valence-corrected chi connectivity index (χ3v) is 9.10. The largest absolute Gasteiger partial charge is 0.507 e. The summed E-state index contributed by atoms with van der Waals surface area (Å²) >= 11 is 13.8. The smallest absolute Gasteiger partial charge is 0.308 e. The molecule has 0 bridgehead atoms. The van der Waals surface area contributed by atoms with E-state index in [1.165, 1.54) is 58.4 Å². The van der Waals surface area contributed by atoms with Crippen LogP contribution in [-0.2, 0) is 19.2 Å². The van der Waals surface area contributed by atoms with E-state index < -0.39 is 23.8 Å². The quantitative estimate of drug-likeness (QED) is 0.282. The fraction of sp³-hybridized carbons (Fsp3) is 0.333. The van der Waals surface area contributed by atoms with Crippen molar-refractivity contribution >= 4 is 70.9 Å². The summed E-state index contributed by atoms with van der Waals surface area (Å²) in [6.45, 7) is 1.19. The first-order valence-corrected chi connectivity index (χ1v) is 15.1. The van der Waals surface area contributed by atoms with E-state index in [1.807, 2.05) is 0 Å². The minimum absolute atomic E-state index is 0.135. The van der Waals surface area contributed by atoms with Gasteiger partial charge in [-0.2, -0.15) is 0 Å². The molecule has 13 heteroatoms. The fourth-order valence-corrected chi connectivity index (χ4v) is 6.45. The van der Waals surface area contributed by atoms with Gasteiger partial charge in [-0.05, 0) is 73.2 Å². The molecule has 2 heterocycles. The van der Waals surface area contributed by atoms with Gasteiger partial charge in [0.05, 0.1) is 21.6 Å². The highest BCUT2D eigenvalue weighted by Crippen LogP contribution is 2.43. The molecule has 2 unspecified atom stereocenters. The highest BCUT2D eigenvalue weighted by molar-refractivity contribution is 7.99. The van der Waals surface area contributed by atoms with Crippen molar-refractivity contribution in [1.29, 1.82) is 0 Å². The Morgan fingerprint density at radius 1 is 0.721 bits per heavy atom. The summed E-state index contributed by atoms with van der Waals surface area (Å²) in [7, 11) is 0. The summed E-state index contributed by atoms with van der Waals surface area (Å²) in [6, 6.07) is 5.72. The van der Waals surface area contributed by atoms with Crippen LogP contribution < -0.4 is 0 Å². The number of piperidine rings is 2. The van der Waals surface area contributed by atoms with E-state index in [0.717, 1.165) is 11.8 Å². The van der Waals surface area contributed by atoms with Crippen molar-refractivity contribution in [3.8, 4) is 11.5 Å². The third-order valence-electron chi connectivity index (χ3n) is 7.35. The number of aliphatic carboxylic acids is 2. The van der Waals surface area contributed by atoms with Crippen molar-refractivity contribution in [2.24, 2.45) is 11.8 Å². The number of rotatable bonds is 8. The zero-order valence-corrected chi connectivity index (χ0v) is 25.2. The summed E-state index contributed by atoms with van der Waals surface area (Å²) in [5.74, 6) is -4.07. The molecule has 2 aromatic rings. The zero-order chi connectivity index (χ0) is 31.3. The summed E-state index contributed by atoms with van der Waals surface area (Å²) in [4.78, 5) is 51.3. The number of aromatic hydroxyl groups is 2. The summed E-state index contributed by atoms with van der Waals surface area (Å²) < 4.78 is 0. The van der Waals surface area contributed by atoms with Crippen LogP contribution in [0.25, 0.3) is 12.2 Å². The summed E-state index contributed by atoms with van der Waals surface area (Å²) in [5.41, 5.74) is 0.749. The second-order valence-corrected chi connectivity index (χ2v) is 12.3. The number of likely N-dealkylation sites (tertiary alicyclic amines) is 2. The van der Waals surface area contributed by atoms with Crippen molar-refractivity contribution in [2.45, 2.75) is 35.5 Å². The number of phenolic OH excluding ortho intramolecular Hbond substituents is 2. The number of carbonyl (C=O) groups is 4. The number of nitrogens with zero attached hydrogens (tertiary/aromatic N) is 2. The van der Waals surface area contributed by atoms with E-state index in [2.05, 4.69) is 0 Å². The minimum atomic E-state index is -0.929. The molecule has 0 aromatic heterocycles. The van der Waals surface area contributed by atoms with Crippen LogP contribution in [0.15, 0.2) is 46.2 Å². The van der Waals surface area contributed by atoms with Crippen LogP contribution in [0.5, 0.6) is 11.5 Å². The van der Waals surface area contributed by atoms with Gasteiger partial charge in [0, 0.05) is 48.4 Å². The van der Waals surface area contributed by atoms with Crippen molar-refractivity contribution in [1.82, 2.24) is 9.80 Å². The molecule has 4 N–H and O–H groups in total. The Kier molecular flexibility index (Phi) is 10.6. The first-order chi connectivity index (χ1) is 20.4. The molecule has 0 saturated carbocycles. The van der Waals surface area contributed by atoms with Gasteiger partial charge in [0.15, 0.2) is 0 Å². The lowest BCUT2D eigenvalue weighted by Crippen LogP contribution is -2.41. The van der Waals surface area contributed by atoms with Gasteiger partial charge in [0.25, 0.3) is 0 Å². The molecule has 2 aromatic carbocycles. The van der Waals surface area contributed by atoms with Crippen molar-refractivity contribution < 1.29 is 39.6 Å². The molecule has 2 saturated heterocycles. The second-order valence-electron chi connectivity index (χ2n) is 10.4. The number of carbonyl (C=O) groups excluding carboxylic acids is 2. The highest BCUT2D eigenvalue weighted by Gasteiger charge is 2.28. The van der Waals surface area contributed by atoms with Crippen LogP contribution in [0.1, 0.15) is 36.8 Å². The molecule has 2 aliphatic heterocycles. The van der Waals surface area contributed by atoms with Crippen LogP contribution in [-0.4, -0.2) is 80.2 Å². The number of carboxylic acid groups (broad SMARTS) is 2. The van der Waals surface area contributed by atoms with Crippen LogP contribution in [0.2, 0.25) is 10.0 Å². The zero-order valence-electron chi connectivity index (χ0n) is 22.9. The van der Waals surface area contributed by atoms with E-state index in [-0.39, 0.29) is 46.4 Å².